The lowest BCUT2D eigenvalue weighted by molar-refractivity contribution is 0.252. The van der Waals surface area contributed by atoms with Gasteiger partial charge in [-0.1, -0.05) is 0 Å². The minimum Gasteiger partial charge on any atom is -0.507 e. The fraction of sp³-hybridized carbons (Fsp3) is 0.381. The van der Waals surface area contributed by atoms with Gasteiger partial charge in [0.1, 0.15) is 16.8 Å². The van der Waals surface area contributed by atoms with E-state index >= 15 is 0 Å². The lowest BCUT2D eigenvalue weighted by atomic mass is 9.96. The second-order valence-corrected chi connectivity index (χ2v) is 7.87. The number of carbonyl (C=O) groups is 1. The van der Waals surface area contributed by atoms with Crippen molar-refractivity contribution >= 4 is 34.3 Å². The van der Waals surface area contributed by atoms with Crippen molar-refractivity contribution in [3.05, 3.63) is 39.8 Å². The van der Waals surface area contributed by atoms with Crippen LogP contribution in [-0.4, -0.2) is 30.4 Å². The minimum absolute atomic E-state index is 0.0954. The molecule has 0 fully saturated rings. The number of benzene rings is 1. The number of carbonyl (C=O) groups excluding carboxylic acids is 1. The van der Waals surface area contributed by atoms with E-state index in [9.17, 15) is 15.2 Å². The summed E-state index contributed by atoms with van der Waals surface area (Å²) in [6.07, 6.45) is 5.43. The van der Waals surface area contributed by atoms with Gasteiger partial charge in [0.2, 0.25) is 0 Å². The molecule has 3 N–H and O–H groups in total. The SMILES string of the molecule is CCN(CC)c1ccc(/C=N/NC(=O)Nc2sc3c(c2C#N)CCCC3)c(O)c1. The van der Waals surface area contributed by atoms with Crippen molar-refractivity contribution < 1.29 is 9.90 Å². The number of hydrogen-bond acceptors (Lipinski definition) is 6. The first kappa shape index (κ1) is 20.7. The van der Waals surface area contributed by atoms with Crippen molar-refractivity contribution in [2.45, 2.75) is 39.5 Å². The third kappa shape index (κ3) is 4.69. The highest BCUT2D eigenvalue weighted by molar-refractivity contribution is 7.16. The Bertz CT molecular complexity index is 957. The predicted molar refractivity (Wildman–Crippen MR) is 117 cm³/mol. The van der Waals surface area contributed by atoms with E-state index in [0.29, 0.717) is 16.1 Å². The molecule has 1 heterocycles. The highest BCUT2D eigenvalue weighted by Crippen LogP contribution is 2.37. The van der Waals surface area contributed by atoms with Crippen LogP contribution in [0.5, 0.6) is 5.75 Å². The number of nitriles is 1. The second kappa shape index (κ2) is 9.43. The number of thiophene rings is 1. The van der Waals surface area contributed by atoms with E-state index in [1.165, 1.54) is 22.4 Å². The summed E-state index contributed by atoms with van der Waals surface area (Å²) in [6.45, 7) is 5.81. The molecule has 0 atom stereocenters. The van der Waals surface area contributed by atoms with Gasteiger partial charge >= 0.3 is 6.03 Å². The second-order valence-electron chi connectivity index (χ2n) is 6.77. The van der Waals surface area contributed by atoms with Gasteiger partial charge < -0.3 is 10.0 Å². The average Bonchev–Trinajstić information content (AvgIpc) is 3.07. The predicted octanol–water partition coefficient (Wildman–Crippen LogP) is 4.21. The zero-order valence-corrected chi connectivity index (χ0v) is 17.5. The van der Waals surface area contributed by atoms with E-state index in [-0.39, 0.29) is 5.75 Å². The molecule has 0 aliphatic heterocycles. The molecule has 0 saturated heterocycles. The van der Waals surface area contributed by atoms with E-state index in [0.717, 1.165) is 50.0 Å². The highest BCUT2D eigenvalue weighted by atomic mass is 32.1. The van der Waals surface area contributed by atoms with Gasteiger partial charge in [0.15, 0.2) is 0 Å². The van der Waals surface area contributed by atoms with Crippen LogP contribution in [0.4, 0.5) is 15.5 Å². The maximum Gasteiger partial charge on any atom is 0.340 e. The maximum absolute atomic E-state index is 12.2. The number of phenols is 1. The maximum atomic E-state index is 12.2. The summed E-state index contributed by atoms with van der Waals surface area (Å²) < 4.78 is 0. The van der Waals surface area contributed by atoms with E-state index < -0.39 is 6.03 Å². The van der Waals surface area contributed by atoms with Crippen LogP contribution in [0.1, 0.15) is 48.3 Å². The first-order valence-corrected chi connectivity index (χ1v) is 10.6. The lowest BCUT2D eigenvalue weighted by Crippen LogP contribution is -2.24. The van der Waals surface area contributed by atoms with Gasteiger partial charge in [0.05, 0.1) is 11.8 Å². The van der Waals surface area contributed by atoms with E-state index in [2.05, 4.69) is 40.7 Å². The van der Waals surface area contributed by atoms with Crippen molar-refractivity contribution in [3.63, 3.8) is 0 Å². The van der Waals surface area contributed by atoms with Gasteiger partial charge in [-0.05, 0) is 57.2 Å². The van der Waals surface area contributed by atoms with Crippen molar-refractivity contribution in [1.29, 1.82) is 5.26 Å². The van der Waals surface area contributed by atoms with E-state index in [1.54, 1.807) is 12.1 Å². The summed E-state index contributed by atoms with van der Waals surface area (Å²) in [6, 6.07) is 7.04. The molecular formula is C21H25N5O2S. The number of nitrogens with zero attached hydrogens (tertiary/aromatic N) is 3. The number of anilines is 2. The molecule has 1 aliphatic rings. The Balaban J connectivity index is 1.63. The van der Waals surface area contributed by atoms with Crippen LogP contribution >= 0.6 is 11.3 Å². The van der Waals surface area contributed by atoms with Crippen molar-refractivity contribution in [3.8, 4) is 11.8 Å². The van der Waals surface area contributed by atoms with Gasteiger partial charge in [0.25, 0.3) is 0 Å². The Kier molecular flexibility index (Phi) is 6.73. The Morgan fingerprint density at radius 3 is 2.79 bits per heavy atom. The quantitative estimate of drug-likeness (QED) is 0.490. The highest BCUT2D eigenvalue weighted by Gasteiger charge is 2.21. The monoisotopic (exact) mass is 411 g/mol. The molecule has 2 amide bonds. The minimum atomic E-state index is -0.518. The molecule has 0 unspecified atom stereocenters. The topological polar surface area (TPSA) is 101 Å². The fourth-order valence-electron chi connectivity index (χ4n) is 3.49. The van der Waals surface area contributed by atoms with Crippen molar-refractivity contribution in [2.24, 2.45) is 5.10 Å². The Labute approximate surface area is 174 Å². The molecule has 7 nitrogen and oxygen atoms in total. The van der Waals surface area contributed by atoms with Crippen LogP contribution in [0.2, 0.25) is 0 Å². The molecule has 1 aliphatic carbocycles. The molecule has 1 aromatic carbocycles. The number of rotatable bonds is 6. The van der Waals surface area contributed by atoms with Crippen LogP contribution in [-0.2, 0) is 12.8 Å². The Hall–Kier alpha value is -3.05. The number of nitrogens with one attached hydrogen (secondary N) is 2. The standard InChI is InChI=1S/C21H25N5O2S/c1-3-26(4-2)15-10-9-14(18(27)11-15)13-23-25-21(28)24-20-17(12-22)16-7-5-6-8-19(16)29-20/h9-11,13,27H,3-8H2,1-2H3,(H2,24,25,28)/b23-13+. The lowest BCUT2D eigenvalue weighted by Gasteiger charge is -2.21. The van der Waals surface area contributed by atoms with Gasteiger partial charge in [-0.2, -0.15) is 10.4 Å². The molecular weight excluding hydrogens is 386 g/mol. The molecule has 3 rings (SSSR count). The summed E-state index contributed by atoms with van der Waals surface area (Å²) in [5.41, 5.74) is 5.46. The fourth-order valence-corrected chi connectivity index (χ4v) is 4.73. The van der Waals surface area contributed by atoms with Crippen LogP contribution in [0.3, 0.4) is 0 Å². The molecule has 152 valence electrons. The number of hydrazone groups is 1. The van der Waals surface area contributed by atoms with Gasteiger partial charge in [-0.3, -0.25) is 5.32 Å². The van der Waals surface area contributed by atoms with Crippen molar-refractivity contribution in [1.82, 2.24) is 5.43 Å². The zero-order valence-electron chi connectivity index (χ0n) is 16.7. The molecule has 0 spiro atoms. The molecule has 0 saturated carbocycles. The summed E-state index contributed by atoms with van der Waals surface area (Å²) in [7, 11) is 0. The first-order valence-electron chi connectivity index (χ1n) is 9.80. The average molecular weight is 412 g/mol. The molecule has 29 heavy (non-hydrogen) atoms. The van der Waals surface area contributed by atoms with Crippen molar-refractivity contribution in [2.75, 3.05) is 23.3 Å². The molecule has 1 aromatic heterocycles. The van der Waals surface area contributed by atoms with Gasteiger partial charge in [-0.25, -0.2) is 10.2 Å². The zero-order chi connectivity index (χ0) is 20.8. The van der Waals surface area contributed by atoms with Gasteiger partial charge in [0, 0.05) is 35.3 Å². The largest absolute Gasteiger partial charge is 0.507 e. The summed E-state index contributed by atoms with van der Waals surface area (Å²) in [5, 5.41) is 26.9. The summed E-state index contributed by atoms with van der Waals surface area (Å²) in [5.74, 6) is 0.0954. The number of phenolic OH excluding ortho intramolecular Hbond substituents is 1. The normalized spacial score (nSPS) is 13.0. The molecule has 2 aromatic rings. The number of hydrogen-bond donors (Lipinski definition) is 3. The Morgan fingerprint density at radius 2 is 2.10 bits per heavy atom. The third-order valence-corrected chi connectivity index (χ3v) is 6.23. The molecule has 0 bridgehead atoms. The number of amides is 2. The number of aromatic hydroxyl groups is 1. The van der Waals surface area contributed by atoms with Crippen LogP contribution < -0.4 is 15.6 Å². The summed E-state index contributed by atoms with van der Waals surface area (Å²) in [4.78, 5) is 15.5. The smallest absolute Gasteiger partial charge is 0.340 e. The molecule has 0 radical (unpaired) electrons. The van der Waals surface area contributed by atoms with Gasteiger partial charge in [-0.15, -0.1) is 11.3 Å². The number of fused-ring (bicyclic) bond motifs is 1. The third-order valence-electron chi connectivity index (χ3n) is 5.02. The van der Waals surface area contributed by atoms with E-state index in [1.807, 2.05) is 6.07 Å². The van der Waals surface area contributed by atoms with E-state index in [4.69, 9.17) is 0 Å². The number of urea groups is 1. The van der Waals surface area contributed by atoms with Crippen LogP contribution in [0.25, 0.3) is 0 Å². The summed E-state index contributed by atoms with van der Waals surface area (Å²) >= 11 is 1.46. The van der Waals surface area contributed by atoms with Crippen LogP contribution in [0.15, 0.2) is 23.3 Å². The first-order chi connectivity index (χ1) is 14.1. The van der Waals surface area contributed by atoms with Crippen LogP contribution in [0, 0.1) is 11.3 Å². The molecule has 8 heteroatoms. The Morgan fingerprint density at radius 1 is 1.34 bits per heavy atom. The number of aryl methyl sites for hydroxylation is 1.